The summed E-state index contributed by atoms with van der Waals surface area (Å²) in [6, 6.07) is 0.582. The molecule has 1 aliphatic heterocycles. The molecule has 0 aromatic heterocycles. The van der Waals surface area contributed by atoms with Gasteiger partial charge in [0.25, 0.3) is 0 Å². The van der Waals surface area contributed by atoms with E-state index in [1.54, 1.807) is 0 Å². The van der Waals surface area contributed by atoms with Gasteiger partial charge in [0.05, 0.1) is 0 Å². The van der Waals surface area contributed by atoms with Crippen LogP contribution in [-0.4, -0.2) is 29.8 Å². The molecule has 1 saturated heterocycles. The number of hydrogen-bond donors (Lipinski definition) is 0. The predicted octanol–water partition coefficient (Wildman–Crippen LogP) is 2.48. The summed E-state index contributed by atoms with van der Waals surface area (Å²) in [6.45, 7) is 7.02. The van der Waals surface area contributed by atoms with Crippen LogP contribution in [0.3, 0.4) is 0 Å². The fraction of sp³-hybridized carbons (Fsp3) is 0.923. The fourth-order valence-electron chi connectivity index (χ4n) is 3.08. The first kappa shape index (κ1) is 11.1. The number of hydrogen-bond acceptors (Lipinski definition) is 2. The van der Waals surface area contributed by atoms with E-state index in [4.69, 9.17) is 0 Å². The maximum absolute atomic E-state index is 11.5. The van der Waals surface area contributed by atoms with Crippen molar-refractivity contribution < 1.29 is 4.79 Å². The van der Waals surface area contributed by atoms with Crippen LogP contribution >= 0.6 is 0 Å². The number of Topliss-reactive ketones (excluding diaryl/α,β-unsaturated/α-hetero) is 1. The van der Waals surface area contributed by atoms with Crippen LogP contribution in [0, 0.1) is 11.8 Å². The molecule has 0 N–H and O–H groups in total. The van der Waals surface area contributed by atoms with Crippen molar-refractivity contribution in [2.45, 2.75) is 52.0 Å². The molecule has 0 aromatic rings. The van der Waals surface area contributed by atoms with Crippen LogP contribution in [0.2, 0.25) is 0 Å². The highest BCUT2D eigenvalue weighted by Crippen LogP contribution is 2.33. The van der Waals surface area contributed by atoms with Gasteiger partial charge in [-0.15, -0.1) is 0 Å². The van der Waals surface area contributed by atoms with E-state index in [0.29, 0.717) is 11.8 Å². The van der Waals surface area contributed by atoms with Gasteiger partial charge in [0, 0.05) is 32.0 Å². The van der Waals surface area contributed by atoms with Gasteiger partial charge in [0.1, 0.15) is 5.78 Å². The van der Waals surface area contributed by atoms with E-state index in [9.17, 15) is 4.79 Å². The molecule has 0 aromatic carbocycles. The molecular formula is C13H23NO. The highest BCUT2D eigenvalue weighted by molar-refractivity contribution is 5.79. The standard InChI is InChI=1S/C13H23NO/c1-3-10-8-14(9-10)13-7-12(15)6-5-11(13)4-2/h10-11,13H,3-9H2,1-2H3. The summed E-state index contributed by atoms with van der Waals surface area (Å²) in [6.07, 6.45) is 5.33. The molecular weight excluding hydrogens is 186 g/mol. The summed E-state index contributed by atoms with van der Waals surface area (Å²) in [4.78, 5) is 14.1. The summed E-state index contributed by atoms with van der Waals surface area (Å²) in [5.41, 5.74) is 0. The lowest BCUT2D eigenvalue weighted by Crippen LogP contribution is -2.55. The van der Waals surface area contributed by atoms with E-state index in [2.05, 4.69) is 18.7 Å². The smallest absolute Gasteiger partial charge is 0.134 e. The Morgan fingerprint density at radius 3 is 2.60 bits per heavy atom. The minimum atomic E-state index is 0.490. The van der Waals surface area contributed by atoms with Crippen LogP contribution in [-0.2, 0) is 4.79 Å². The monoisotopic (exact) mass is 209 g/mol. The van der Waals surface area contributed by atoms with Gasteiger partial charge in [-0.1, -0.05) is 26.7 Å². The zero-order valence-corrected chi connectivity index (χ0v) is 10.0. The quantitative estimate of drug-likeness (QED) is 0.711. The number of rotatable bonds is 3. The van der Waals surface area contributed by atoms with Gasteiger partial charge in [0.15, 0.2) is 0 Å². The third kappa shape index (κ3) is 2.25. The lowest BCUT2D eigenvalue weighted by atomic mass is 9.79. The second kappa shape index (κ2) is 4.65. The van der Waals surface area contributed by atoms with Crippen LogP contribution in [0.4, 0.5) is 0 Å². The van der Waals surface area contributed by atoms with Crippen molar-refractivity contribution in [2.24, 2.45) is 11.8 Å². The molecule has 0 amide bonds. The summed E-state index contributed by atoms with van der Waals surface area (Å²) in [5.74, 6) is 2.17. The Morgan fingerprint density at radius 2 is 2.00 bits per heavy atom. The van der Waals surface area contributed by atoms with Crippen molar-refractivity contribution in [3.8, 4) is 0 Å². The first-order valence-electron chi connectivity index (χ1n) is 6.50. The van der Waals surface area contributed by atoms with E-state index in [0.717, 1.165) is 31.1 Å². The Bertz CT molecular complexity index is 233. The summed E-state index contributed by atoms with van der Waals surface area (Å²) in [5, 5.41) is 0. The van der Waals surface area contributed by atoms with Crippen molar-refractivity contribution in [1.29, 1.82) is 0 Å². The van der Waals surface area contributed by atoms with Crippen LogP contribution in [0.1, 0.15) is 46.0 Å². The largest absolute Gasteiger partial charge is 0.300 e. The van der Waals surface area contributed by atoms with Gasteiger partial charge in [-0.25, -0.2) is 0 Å². The van der Waals surface area contributed by atoms with Gasteiger partial charge in [-0.3, -0.25) is 9.69 Å². The fourth-order valence-corrected chi connectivity index (χ4v) is 3.08. The van der Waals surface area contributed by atoms with Crippen molar-refractivity contribution in [2.75, 3.05) is 13.1 Å². The maximum Gasteiger partial charge on any atom is 0.134 e. The van der Waals surface area contributed by atoms with E-state index >= 15 is 0 Å². The topological polar surface area (TPSA) is 20.3 Å². The Balaban J connectivity index is 1.90. The number of ketones is 1. The Morgan fingerprint density at radius 1 is 1.27 bits per heavy atom. The first-order chi connectivity index (χ1) is 7.24. The highest BCUT2D eigenvalue weighted by atomic mass is 16.1. The van der Waals surface area contributed by atoms with Gasteiger partial charge in [-0.05, 0) is 18.3 Å². The molecule has 2 unspecified atom stereocenters. The van der Waals surface area contributed by atoms with Gasteiger partial charge >= 0.3 is 0 Å². The molecule has 0 spiro atoms. The van der Waals surface area contributed by atoms with Crippen LogP contribution in [0.15, 0.2) is 0 Å². The van der Waals surface area contributed by atoms with Crippen molar-refractivity contribution >= 4 is 5.78 Å². The van der Waals surface area contributed by atoms with Crippen molar-refractivity contribution in [1.82, 2.24) is 4.90 Å². The third-order valence-corrected chi connectivity index (χ3v) is 4.33. The molecule has 1 aliphatic carbocycles. The second-order valence-corrected chi connectivity index (χ2v) is 5.25. The molecule has 2 nitrogen and oxygen atoms in total. The molecule has 2 aliphatic rings. The molecule has 1 saturated carbocycles. The summed E-state index contributed by atoms with van der Waals surface area (Å²) < 4.78 is 0. The molecule has 0 radical (unpaired) electrons. The molecule has 2 heteroatoms. The first-order valence-corrected chi connectivity index (χ1v) is 6.50. The van der Waals surface area contributed by atoms with Gasteiger partial charge < -0.3 is 0 Å². The normalized spacial score (nSPS) is 34.1. The lowest BCUT2D eigenvalue weighted by Gasteiger charge is -2.48. The number of likely N-dealkylation sites (tertiary alicyclic amines) is 1. The molecule has 2 atom stereocenters. The van der Waals surface area contributed by atoms with Crippen LogP contribution in [0.25, 0.3) is 0 Å². The zero-order valence-electron chi connectivity index (χ0n) is 10.0. The van der Waals surface area contributed by atoms with E-state index in [-0.39, 0.29) is 0 Å². The molecule has 2 rings (SSSR count). The predicted molar refractivity (Wildman–Crippen MR) is 61.8 cm³/mol. The minimum Gasteiger partial charge on any atom is -0.300 e. The maximum atomic E-state index is 11.5. The zero-order chi connectivity index (χ0) is 10.8. The van der Waals surface area contributed by atoms with Crippen molar-refractivity contribution in [3.05, 3.63) is 0 Å². The molecule has 0 bridgehead atoms. The average Bonchev–Trinajstić information content (AvgIpc) is 2.16. The van der Waals surface area contributed by atoms with E-state index in [1.807, 2.05) is 0 Å². The van der Waals surface area contributed by atoms with E-state index < -0.39 is 0 Å². The van der Waals surface area contributed by atoms with Gasteiger partial charge in [0.2, 0.25) is 0 Å². The number of carbonyl (C=O) groups is 1. The second-order valence-electron chi connectivity index (χ2n) is 5.25. The Kier molecular flexibility index (Phi) is 3.45. The van der Waals surface area contributed by atoms with Gasteiger partial charge in [-0.2, -0.15) is 0 Å². The highest BCUT2D eigenvalue weighted by Gasteiger charge is 2.37. The van der Waals surface area contributed by atoms with E-state index in [1.165, 1.54) is 25.9 Å². The summed E-state index contributed by atoms with van der Waals surface area (Å²) in [7, 11) is 0. The minimum absolute atomic E-state index is 0.490. The number of carbonyl (C=O) groups excluding carboxylic acids is 1. The molecule has 2 fully saturated rings. The van der Waals surface area contributed by atoms with Crippen LogP contribution < -0.4 is 0 Å². The van der Waals surface area contributed by atoms with Crippen molar-refractivity contribution in [3.63, 3.8) is 0 Å². The summed E-state index contributed by atoms with van der Waals surface area (Å²) >= 11 is 0. The number of nitrogens with zero attached hydrogens (tertiary/aromatic N) is 1. The Hall–Kier alpha value is -0.370. The average molecular weight is 209 g/mol. The molecule has 86 valence electrons. The molecule has 15 heavy (non-hydrogen) atoms. The van der Waals surface area contributed by atoms with Crippen LogP contribution in [0.5, 0.6) is 0 Å². The molecule has 1 heterocycles. The Labute approximate surface area is 93.0 Å². The third-order valence-electron chi connectivity index (χ3n) is 4.33. The lowest BCUT2D eigenvalue weighted by molar-refractivity contribution is -0.125. The SMILES string of the molecule is CCC1CN(C2CC(=O)CCC2CC)C1.